The first-order chi connectivity index (χ1) is 12.1. The molecule has 3 rings (SSSR count). The first-order valence-corrected chi connectivity index (χ1v) is 8.74. The Balaban J connectivity index is 1.54. The molecular formula is C19H24N4O2. The first kappa shape index (κ1) is 17.2. The lowest BCUT2D eigenvalue weighted by Gasteiger charge is -2.32. The summed E-state index contributed by atoms with van der Waals surface area (Å²) in [5, 5.41) is 7.34. The van der Waals surface area contributed by atoms with Crippen molar-refractivity contribution in [3.8, 4) is 0 Å². The molecule has 6 heteroatoms. The maximum absolute atomic E-state index is 12.5. The lowest BCUT2D eigenvalue weighted by atomic mass is 9.97. The predicted octanol–water partition coefficient (Wildman–Crippen LogP) is 1.36. The zero-order chi connectivity index (χ0) is 17.6. The lowest BCUT2D eigenvalue weighted by molar-refractivity contribution is -0.125. The molecule has 1 aromatic heterocycles. The highest BCUT2D eigenvalue weighted by Crippen LogP contribution is 2.21. The third-order valence-corrected chi connectivity index (χ3v) is 4.62. The van der Waals surface area contributed by atoms with Gasteiger partial charge in [-0.15, -0.1) is 0 Å². The second kappa shape index (κ2) is 7.96. The highest BCUT2D eigenvalue weighted by atomic mass is 16.2. The van der Waals surface area contributed by atoms with Gasteiger partial charge in [-0.1, -0.05) is 30.3 Å². The predicted molar refractivity (Wildman–Crippen MR) is 97.6 cm³/mol. The Hall–Kier alpha value is -2.63. The van der Waals surface area contributed by atoms with Crippen molar-refractivity contribution in [1.29, 1.82) is 0 Å². The lowest BCUT2D eigenvalue weighted by Crippen LogP contribution is -2.44. The van der Waals surface area contributed by atoms with Crippen LogP contribution in [0.25, 0.3) is 0 Å². The van der Waals surface area contributed by atoms with E-state index in [-0.39, 0.29) is 17.4 Å². The zero-order valence-corrected chi connectivity index (χ0v) is 14.5. The molecule has 0 saturated carbocycles. The van der Waals surface area contributed by atoms with E-state index in [1.165, 1.54) is 16.3 Å². The fourth-order valence-electron chi connectivity index (χ4n) is 3.18. The number of nitrogens with zero attached hydrogens (tertiary/aromatic N) is 3. The van der Waals surface area contributed by atoms with Crippen molar-refractivity contribution in [2.75, 3.05) is 24.5 Å². The molecule has 0 bridgehead atoms. The van der Waals surface area contributed by atoms with Crippen LogP contribution >= 0.6 is 0 Å². The number of benzene rings is 1. The van der Waals surface area contributed by atoms with Crippen LogP contribution in [0.4, 0.5) is 5.82 Å². The normalized spacial score (nSPS) is 17.3. The fourth-order valence-corrected chi connectivity index (χ4v) is 3.18. The van der Waals surface area contributed by atoms with Crippen molar-refractivity contribution in [1.82, 2.24) is 15.1 Å². The Morgan fingerprint density at radius 2 is 2.04 bits per heavy atom. The zero-order valence-electron chi connectivity index (χ0n) is 14.5. The maximum Gasteiger partial charge on any atom is 0.266 e. The molecule has 1 N–H and O–H groups in total. The van der Waals surface area contributed by atoms with Crippen LogP contribution in [-0.2, 0) is 18.3 Å². The van der Waals surface area contributed by atoms with Crippen molar-refractivity contribution in [3.05, 3.63) is 58.4 Å². The number of amides is 1. The second-order valence-corrected chi connectivity index (χ2v) is 6.47. The Labute approximate surface area is 147 Å². The first-order valence-electron chi connectivity index (χ1n) is 8.74. The van der Waals surface area contributed by atoms with Crippen LogP contribution in [0.2, 0.25) is 0 Å². The van der Waals surface area contributed by atoms with Gasteiger partial charge in [0, 0.05) is 32.7 Å². The molecule has 1 saturated heterocycles. The summed E-state index contributed by atoms with van der Waals surface area (Å²) in [4.78, 5) is 26.0. The molecule has 132 valence electrons. The number of piperidine rings is 1. The van der Waals surface area contributed by atoms with Crippen molar-refractivity contribution in [2.24, 2.45) is 13.0 Å². The topological polar surface area (TPSA) is 67.2 Å². The van der Waals surface area contributed by atoms with E-state index in [1.807, 2.05) is 18.2 Å². The summed E-state index contributed by atoms with van der Waals surface area (Å²) in [5.41, 5.74) is 1.10. The molecule has 6 nitrogen and oxygen atoms in total. The standard InChI is InChI=1S/C19H24N4O2/c1-22-18(24)10-9-17(21-22)23-13-5-8-16(14-23)19(25)20-12-11-15-6-3-2-4-7-15/h2-4,6-7,9-10,16H,5,8,11-14H2,1H3,(H,20,25)/t16-/m1/s1. The average Bonchev–Trinajstić information content (AvgIpc) is 2.65. The van der Waals surface area contributed by atoms with Gasteiger partial charge in [0.05, 0.1) is 5.92 Å². The number of anilines is 1. The van der Waals surface area contributed by atoms with Gasteiger partial charge in [0.2, 0.25) is 5.91 Å². The van der Waals surface area contributed by atoms with E-state index in [1.54, 1.807) is 13.1 Å². The SMILES string of the molecule is Cn1nc(N2CCC[C@@H](C(=O)NCCc3ccccc3)C2)ccc1=O. The van der Waals surface area contributed by atoms with Crippen LogP contribution in [0.15, 0.2) is 47.3 Å². The Morgan fingerprint density at radius 1 is 1.24 bits per heavy atom. The summed E-state index contributed by atoms with van der Waals surface area (Å²) < 4.78 is 1.33. The summed E-state index contributed by atoms with van der Waals surface area (Å²) in [5.74, 6) is 0.817. The molecule has 1 amide bonds. The van der Waals surface area contributed by atoms with Gasteiger partial charge in [-0.3, -0.25) is 9.59 Å². The molecule has 1 atom stereocenters. The minimum atomic E-state index is -0.129. The van der Waals surface area contributed by atoms with E-state index < -0.39 is 0 Å². The highest BCUT2D eigenvalue weighted by Gasteiger charge is 2.26. The van der Waals surface area contributed by atoms with Crippen molar-refractivity contribution in [3.63, 3.8) is 0 Å². The Kier molecular flexibility index (Phi) is 5.48. The van der Waals surface area contributed by atoms with E-state index in [0.29, 0.717) is 13.1 Å². The molecule has 1 aliphatic heterocycles. The number of hydrogen-bond acceptors (Lipinski definition) is 4. The monoisotopic (exact) mass is 340 g/mol. The average molecular weight is 340 g/mol. The number of hydrogen-bond donors (Lipinski definition) is 1. The molecule has 0 spiro atoms. The van der Waals surface area contributed by atoms with E-state index in [4.69, 9.17) is 0 Å². The van der Waals surface area contributed by atoms with Gasteiger partial charge in [-0.05, 0) is 30.9 Å². The molecule has 1 aromatic carbocycles. The summed E-state index contributed by atoms with van der Waals surface area (Å²) >= 11 is 0. The fraction of sp³-hybridized carbons (Fsp3) is 0.421. The van der Waals surface area contributed by atoms with Gasteiger partial charge in [-0.25, -0.2) is 4.68 Å². The highest BCUT2D eigenvalue weighted by molar-refractivity contribution is 5.79. The largest absolute Gasteiger partial charge is 0.355 e. The molecule has 0 radical (unpaired) electrons. The number of nitrogens with one attached hydrogen (secondary N) is 1. The van der Waals surface area contributed by atoms with E-state index in [0.717, 1.165) is 31.6 Å². The van der Waals surface area contributed by atoms with Gasteiger partial charge in [-0.2, -0.15) is 5.10 Å². The van der Waals surface area contributed by atoms with Crippen LogP contribution in [0.3, 0.4) is 0 Å². The Bertz CT molecular complexity index is 772. The van der Waals surface area contributed by atoms with Gasteiger partial charge in [0.1, 0.15) is 5.82 Å². The molecule has 0 unspecified atom stereocenters. The quantitative estimate of drug-likeness (QED) is 0.892. The van der Waals surface area contributed by atoms with E-state index in [2.05, 4.69) is 27.4 Å². The van der Waals surface area contributed by atoms with Crippen LogP contribution in [0, 0.1) is 5.92 Å². The summed E-state index contributed by atoms with van der Waals surface area (Å²) in [6.07, 6.45) is 2.67. The minimum absolute atomic E-state index is 0.0384. The molecule has 1 fully saturated rings. The van der Waals surface area contributed by atoms with Crippen LogP contribution < -0.4 is 15.8 Å². The number of carbonyl (C=O) groups excluding carboxylic acids is 1. The van der Waals surface area contributed by atoms with Crippen LogP contribution in [0.1, 0.15) is 18.4 Å². The summed E-state index contributed by atoms with van der Waals surface area (Å²) in [7, 11) is 1.64. The molecular weight excluding hydrogens is 316 g/mol. The second-order valence-electron chi connectivity index (χ2n) is 6.47. The van der Waals surface area contributed by atoms with Crippen molar-refractivity contribution < 1.29 is 4.79 Å². The smallest absolute Gasteiger partial charge is 0.266 e. The van der Waals surface area contributed by atoms with E-state index in [9.17, 15) is 9.59 Å². The third-order valence-electron chi connectivity index (χ3n) is 4.62. The van der Waals surface area contributed by atoms with E-state index >= 15 is 0 Å². The number of rotatable bonds is 5. The minimum Gasteiger partial charge on any atom is -0.355 e. The van der Waals surface area contributed by atoms with Crippen LogP contribution in [0.5, 0.6) is 0 Å². The summed E-state index contributed by atoms with van der Waals surface area (Å²) in [6, 6.07) is 13.4. The van der Waals surface area contributed by atoms with Gasteiger partial charge < -0.3 is 10.2 Å². The van der Waals surface area contributed by atoms with Gasteiger partial charge in [0.25, 0.3) is 5.56 Å². The molecule has 1 aliphatic rings. The van der Waals surface area contributed by atoms with Gasteiger partial charge in [0.15, 0.2) is 0 Å². The van der Waals surface area contributed by atoms with Crippen LogP contribution in [-0.4, -0.2) is 35.3 Å². The molecule has 25 heavy (non-hydrogen) atoms. The van der Waals surface area contributed by atoms with Gasteiger partial charge >= 0.3 is 0 Å². The molecule has 0 aliphatic carbocycles. The van der Waals surface area contributed by atoms with Crippen molar-refractivity contribution in [2.45, 2.75) is 19.3 Å². The molecule has 2 aromatic rings. The summed E-state index contributed by atoms with van der Waals surface area (Å²) in [6.45, 7) is 2.15. The number of aryl methyl sites for hydroxylation is 1. The molecule has 2 heterocycles. The number of carbonyl (C=O) groups is 1. The third kappa shape index (κ3) is 4.47. The van der Waals surface area contributed by atoms with Crippen molar-refractivity contribution >= 4 is 11.7 Å². The Morgan fingerprint density at radius 3 is 2.80 bits per heavy atom. The maximum atomic E-state index is 12.5. The number of aromatic nitrogens is 2.